The van der Waals surface area contributed by atoms with E-state index in [1.54, 1.807) is 43.2 Å². The number of nitrogens with zero attached hydrogens (tertiary/aromatic N) is 2. The second-order valence-electron chi connectivity index (χ2n) is 7.49. The number of hydrogen-bond acceptors (Lipinski definition) is 6. The molecular weight excluding hydrogens is 424 g/mol. The van der Waals surface area contributed by atoms with Crippen LogP contribution in [0, 0.1) is 0 Å². The van der Waals surface area contributed by atoms with Crippen molar-refractivity contribution in [3.05, 3.63) is 54.2 Å². The first-order chi connectivity index (χ1) is 16.0. The zero-order valence-corrected chi connectivity index (χ0v) is 18.8. The lowest BCUT2D eigenvalue weighted by atomic mass is 10.1. The molecule has 172 valence electrons. The number of amides is 2. The number of nitrogens with one attached hydrogen (secondary N) is 2. The van der Waals surface area contributed by atoms with E-state index in [2.05, 4.69) is 15.7 Å². The van der Waals surface area contributed by atoms with Gasteiger partial charge in [0, 0.05) is 12.8 Å². The normalized spacial score (nSPS) is 14.5. The SMILES string of the molecule is CCOc1ccc(NC(=O)CC2C(=O)Nc3c(-c4cccc(OC)c4)c(COC)nn32)cc1. The Morgan fingerprint density at radius 1 is 1.15 bits per heavy atom. The van der Waals surface area contributed by atoms with Gasteiger partial charge in [-0.3, -0.25) is 9.59 Å². The third kappa shape index (κ3) is 4.68. The van der Waals surface area contributed by atoms with Gasteiger partial charge in [0.25, 0.3) is 5.91 Å². The molecule has 1 aliphatic heterocycles. The molecule has 0 aliphatic carbocycles. The van der Waals surface area contributed by atoms with E-state index in [-0.39, 0.29) is 24.8 Å². The first-order valence-electron chi connectivity index (χ1n) is 10.6. The van der Waals surface area contributed by atoms with Gasteiger partial charge < -0.3 is 24.8 Å². The van der Waals surface area contributed by atoms with Crippen LogP contribution in [0.25, 0.3) is 11.1 Å². The third-order valence-electron chi connectivity index (χ3n) is 5.29. The minimum Gasteiger partial charge on any atom is -0.497 e. The number of ether oxygens (including phenoxy) is 3. The Morgan fingerprint density at radius 3 is 2.64 bits per heavy atom. The molecule has 2 N–H and O–H groups in total. The standard InChI is InChI=1S/C24H26N4O5/c1-4-33-17-10-8-16(9-11-17)25-21(29)13-20-24(30)26-23-22(19(14-31-2)27-28(20)23)15-6-5-7-18(12-15)32-3/h5-12,20H,4,13-14H2,1-3H3,(H,25,29)(H,26,30). The molecule has 33 heavy (non-hydrogen) atoms. The zero-order chi connectivity index (χ0) is 23.4. The maximum absolute atomic E-state index is 12.7. The van der Waals surface area contributed by atoms with E-state index >= 15 is 0 Å². The van der Waals surface area contributed by atoms with Crippen LogP contribution in [0.3, 0.4) is 0 Å². The molecule has 9 heteroatoms. The number of rotatable bonds is 9. The van der Waals surface area contributed by atoms with Gasteiger partial charge in [0.2, 0.25) is 5.91 Å². The van der Waals surface area contributed by atoms with Crippen LogP contribution in [0.5, 0.6) is 11.5 Å². The molecule has 0 fully saturated rings. The van der Waals surface area contributed by atoms with Crippen LogP contribution in [-0.4, -0.2) is 42.4 Å². The predicted octanol–water partition coefficient (Wildman–Crippen LogP) is 3.63. The van der Waals surface area contributed by atoms with E-state index in [0.717, 1.165) is 16.9 Å². The first kappa shape index (κ1) is 22.3. The summed E-state index contributed by atoms with van der Waals surface area (Å²) in [5.41, 5.74) is 2.87. The number of hydrogen-bond donors (Lipinski definition) is 2. The molecule has 2 amide bonds. The molecule has 1 aromatic heterocycles. The van der Waals surface area contributed by atoms with E-state index in [1.165, 1.54) is 0 Å². The molecule has 1 aliphatic rings. The number of anilines is 2. The molecule has 2 heterocycles. The molecule has 0 saturated carbocycles. The van der Waals surface area contributed by atoms with Crippen molar-refractivity contribution in [1.82, 2.24) is 9.78 Å². The fourth-order valence-electron chi connectivity index (χ4n) is 3.83. The fourth-order valence-corrected chi connectivity index (χ4v) is 3.83. The molecule has 0 radical (unpaired) electrons. The Hall–Kier alpha value is -3.85. The van der Waals surface area contributed by atoms with Gasteiger partial charge in [0.15, 0.2) is 0 Å². The highest BCUT2D eigenvalue weighted by atomic mass is 16.5. The number of carbonyl (C=O) groups excluding carboxylic acids is 2. The van der Waals surface area contributed by atoms with Crippen LogP contribution in [0.15, 0.2) is 48.5 Å². The number of carbonyl (C=O) groups is 2. The highest BCUT2D eigenvalue weighted by Gasteiger charge is 2.37. The second kappa shape index (κ2) is 9.74. The summed E-state index contributed by atoms with van der Waals surface area (Å²) in [4.78, 5) is 25.4. The highest BCUT2D eigenvalue weighted by Crippen LogP contribution is 2.39. The molecule has 1 unspecified atom stereocenters. The van der Waals surface area contributed by atoms with E-state index in [0.29, 0.717) is 29.6 Å². The van der Waals surface area contributed by atoms with Crippen molar-refractivity contribution in [2.75, 3.05) is 31.5 Å². The van der Waals surface area contributed by atoms with Gasteiger partial charge in [0.05, 0.1) is 38.0 Å². The van der Waals surface area contributed by atoms with Gasteiger partial charge in [0.1, 0.15) is 23.4 Å². The summed E-state index contributed by atoms with van der Waals surface area (Å²) >= 11 is 0. The van der Waals surface area contributed by atoms with Crippen molar-refractivity contribution in [2.45, 2.75) is 26.0 Å². The Morgan fingerprint density at radius 2 is 1.94 bits per heavy atom. The number of aromatic nitrogens is 2. The topological polar surface area (TPSA) is 104 Å². The van der Waals surface area contributed by atoms with Crippen molar-refractivity contribution < 1.29 is 23.8 Å². The van der Waals surface area contributed by atoms with Crippen molar-refractivity contribution >= 4 is 23.3 Å². The molecule has 2 aromatic carbocycles. The van der Waals surface area contributed by atoms with E-state index in [9.17, 15) is 9.59 Å². The van der Waals surface area contributed by atoms with E-state index in [1.807, 2.05) is 31.2 Å². The van der Waals surface area contributed by atoms with E-state index in [4.69, 9.17) is 14.2 Å². The summed E-state index contributed by atoms with van der Waals surface area (Å²) in [6, 6.07) is 13.8. The highest BCUT2D eigenvalue weighted by molar-refractivity contribution is 6.04. The molecule has 3 aromatic rings. The summed E-state index contributed by atoms with van der Waals surface area (Å²) < 4.78 is 17.6. The van der Waals surface area contributed by atoms with Gasteiger partial charge in [-0.05, 0) is 48.9 Å². The molecule has 0 spiro atoms. The molecular formula is C24H26N4O5. The average molecular weight is 450 g/mol. The Bertz CT molecular complexity index is 1160. The Balaban J connectivity index is 1.57. The maximum atomic E-state index is 12.7. The summed E-state index contributed by atoms with van der Waals surface area (Å²) in [7, 11) is 3.18. The van der Waals surface area contributed by atoms with Gasteiger partial charge in [-0.25, -0.2) is 4.68 Å². The van der Waals surface area contributed by atoms with Crippen LogP contribution in [-0.2, 0) is 20.9 Å². The van der Waals surface area contributed by atoms with Crippen LogP contribution in [0.2, 0.25) is 0 Å². The van der Waals surface area contributed by atoms with Crippen LogP contribution in [0.4, 0.5) is 11.5 Å². The first-order valence-corrected chi connectivity index (χ1v) is 10.6. The van der Waals surface area contributed by atoms with Gasteiger partial charge >= 0.3 is 0 Å². The van der Waals surface area contributed by atoms with Crippen molar-refractivity contribution in [1.29, 1.82) is 0 Å². The number of methoxy groups -OCH3 is 2. The Labute approximate surface area is 191 Å². The lowest BCUT2D eigenvalue weighted by Crippen LogP contribution is -2.24. The Kier molecular flexibility index (Phi) is 6.60. The lowest BCUT2D eigenvalue weighted by Gasteiger charge is -2.11. The monoisotopic (exact) mass is 450 g/mol. The van der Waals surface area contributed by atoms with Gasteiger partial charge in [-0.15, -0.1) is 0 Å². The fraction of sp³-hybridized carbons (Fsp3) is 0.292. The predicted molar refractivity (Wildman–Crippen MR) is 123 cm³/mol. The third-order valence-corrected chi connectivity index (χ3v) is 5.29. The van der Waals surface area contributed by atoms with Crippen LogP contribution >= 0.6 is 0 Å². The molecule has 9 nitrogen and oxygen atoms in total. The summed E-state index contributed by atoms with van der Waals surface area (Å²) in [6.07, 6.45) is -0.0578. The van der Waals surface area contributed by atoms with Crippen LogP contribution < -0.4 is 20.1 Å². The van der Waals surface area contributed by atoms with Crippen molar-refractivity contribution in [3.8, 4) is 22.6 Å². The zero-order valence-electron chi connectivity index (χ0n) is 18.8. The second-order valence-corrected chi connectivity index (χ2v) is 7.49. The van der Waals surface area contributed by atoms with Crippen molar-refractivity contribution in [3.63, 3.8) is 0 Å². The van der Waals surface area contributed by atoms with Crippen molar-refractivity contribution in [2.24, 2.45) is 0 Å². The molecule has 1 atom stereocenters. The lowest BCUT2D eigenvalue weighted by molar-refractivity contribution is -0.123. The quantitative estimate of drug-likeness (QED) is 0.516. The maximum Gasteiger partial charge on any atom is 0.251 e. The molecule has 4 rings (SSSR count). The smallest absolute Gasteiger partial charge is 0.251 e. The summed E-state index contributed by atoms with van der Waals surface area (Å²) in [5.74, 6) is 1.37. The summed E-state index contributed by atoms with van der Waals surface area (Å²) in [6.45, 7) is 2.73. The summed E-state index contributed by atoms with van der Waals surface area (Å²) in [5, 5.41) is 10.3. The van der Waals surface area contributed by atoms with Crippen LogP contribution in [0.1, 0.15) is 25.1 Å². The average Bonchev–Trinajstić information content (AvgIpc) is 3.30. The minimum atomic E-state index is -0.766. The van der Waals surface area contributed by atoms with Gasteiger partial charge in [-0.1, -0.05) is 12.1 Å². The van der Waals surface area contributed by atoms with Gasteiger partial charge in [-0.2, -0.15) is 5.10 Å². The van der Waals surface area contributed by atoms with E-state index < -0.39 is 6.04 Å². The molecule has 0 bridgehead atoms. The minimum absolute atomic E-state index is 0.0578. The molecule has 0 saturated heterocycles. The largest absolute Gasteiger partial charge is 0.497 e. The number of fused-ring (bicyclic) bond motifs is 1. The number of benzene rings is 2.